The molecule has 0 atom stereocenters. The summed E-state index contributed by atoms with van der Waals surface area (Å²) in [7, 11) is 9.75. The number of carbonyl (C=O) groups is 1. The molecule has 15 heavy (non-hydrogen) atoms. The zero-order chi connectivity index (χ0) is 11.5. The van der Waals surface area contributed by atoms with E-state index < -0.39 is 16.5 Å². The Labute approximate surface area is 111 Å². The van der Waals surface area contributed by atoms with E-state index >= 15 is 0 Å². The maximum atomic E-state index is 10.7. The van der Waals surface area contributed by atoms with E-state index in [9.17, 15) is 4.79 Å². The third-order valence-electron chi connectivity index (χ3n) is 1.14. The van der Waals surface area contributed by atoms with E-state index in [1.807, 2.05) is 35.8 Å². The van der Waals surface area contributed by atoms with Crippen LogP contribution in [0.2, 0.25) is 0 Å². The molecule has 0 radical (unpaired) electrons. The summed E-state index contributed by atoms with van der Waals surface area (Å²) in [6.07, 6.45) is 0. The Bertz CT molecular complexity index is 278. The zero-order valence-electron chi connectivity index (χ0n) is 7.35. The Balaban J connectivity index is 0.000000583. The van der Waals surface area contributed by atoms with Gasteiger partial charge < -0.3 is 0 Å². The molecule has 0 aliphatic rings. The number of benzene rings is 1. The van der Waals surface area contributed by atoms with E-state index in [2.05, 4.69) is 4.33 Å². The van der Waals surface area contributed by atoms with Gasteiger partial charge in [-0.05, 0) is 0 Å². The van der Waals surface area contributed by atoms with E-state index in [0.717, 1.165) is 4.46 Å². The molecule has 88 valence electrons. The summed E-state index contributed by atoms with van der Waals surface area (Å²) in [5.41, 5.74) is 2.00. The van der Waals surface area contributed by atoms with Crippen LogP contribution in [0.4, 0.5) is 4.79 Å². The van der Waals surface area contributed by atoms with Crippen LogP contribution >= 0.6 is 18.8 Å². The first-order valence-electron chi connectivity index (χ1n) is 3.55. The molecule has 2 amide bonds. The Morgan fingerprint density at radius 2 is 1.87 bits per heavy atom. The molecule has 0 aliphatic heterocycles. The van der Waals surface area contributed by atoms with Crippen molar-refractivity contribution in [3.63, 3.8) is 0 Å². The van der Waals surface area contributed by atoms with Crippen LogP contribution in [-0.4, -0.2) is 21.2 Å². The second kappa shape index (κ2) is 10.7. The second-order valence-corrected chi connectivity index (χ2v) is 7.16. The first-order valence-corrected chi connectivity index (χ1v) is 10.9. The topological polar surface area (TPSA) is 67.1 Å². The fraction of sp³-hybridized carbons (Fsp3) is 0. The molecule has 4 N–H and O–H groups in total. The van der Waals surface area contributed by atoms with Crippen LogP contribution in [0.1, 0.15) is 0 Å². The molecule has 0 bridgehead atoms. The molecular formula is C7H9Cl2N3OPtSe. The van der Waals surface area contributed by atoms with E-state index in [-0.39, 0.29) is 21.2 Å². The van der Waals surface area contributed by atoms with Crippen molar-refractivity contribution < 1.29 is 21.3 Å². The van der Waals surface area contributed by atoms with Crippen molar-refractivity contribution in [2.75, 3.05) is 0 Å². The molecular weight excluding hydrogens is 487 g/mol. The van der Waals surface area contributed by atoms with Crippen molar-refractivity contribution in [2.24, 2.45) is 5.84 Å². The molecule has 1 rings (SSSR count). The van der Waals surface area contributed by atoms with Crippen LogP contribution in [-0.2, 0) is 16.5 Å². The number of carbonyl (C=O) groups excluding carboxylic acids is 1. The van der Waals surface area contributed by atoms with Gasteiger partial charge in [0.2, 0.25) is 0 Å². The number of hydrogen-bond acceptors (Lipinski definition) is 2. The van der Waals surface area contributed by atoms with Crippen molar-refractivity contribution in [1.82, 2.24) is 9.76 Å². The summed E-state index contributed by atoms with van der Waals surface area (Å²) in [5.74, 6) is 4.88. The molecule has 0 aromatic heterocycles. The summed E-state index contributed by atoms with van der Waals surface area (Å²) in [5, 5.41) is 0. The van der Waals surface area contributed by atoms with Gasteiger partial charge in [-0.2, -0.15) is 0 Å². The van der Waals surface area contributed by atoms with Gasteiger partial charge >= 0.3 is 112 Å². The van der Waals surface area contributed by atoms with Crippen LogP contribution in [0.15, 0.2) is 30.3 Å². The standard InChI is InChI=1S/C7H9N3OSe.2ClH.Pt/c8-9-7(11)10-12-6-4-2-1-3-5-6;;;/h1-5H,8H2,(H2,9,10,11);2*1H;/q;;;+2/p-2. The minimum atomic E-state index is -0.472. The van der Waals surface area contributed by atoms with Gasteiger partial charge in [0.25, 0.3) is 0 Å². The monoisotopic (exact) mass is 496 g/mol. The summed E-state index contributed by atoms with van der Waals surface area (Å²) < 4.78 is 3.74. The molecule has 0 aliphatic carbocycles. The molecule has 1 aromatic rings. The molecule has 0 heterocycles. The van der Waals surface area contributed by atoms with Gasteiger partial charge in [0.15, 0.2) is 0 Å². The van der Waals surface area contributed by atoms with Crippen molar-refractivity contribution >= 4 is 44.5 Å². The molecule has 0 spiro atoms. The Hall–Kier alpha value is 0.238. The predicted octanol–water partition coefficient (Wildman–Crippen LogP) is 0.481. The number of nitrogens with one attached hydrogen (secondary N) is 2. The predicted molar refractivity (Wildman–Crippen MR) is 59.4 cm³/mol. The molecule has 0 saturated carbocycles. The molecule has 1 aromatic carbocycles. The molecule has 0 saturated heterocycles. The van der Waals surface area contributed by atoms with E-state index in [1.165, 1.54) is 0 Å². The number of nitrogens with two attached hydrogens (primary N) is 1. The van der Waals surface area contributed by atoms with Gasteiger partial charge in [-0.1, -0.05) is 0 Å². The van der Waals surface area contributed by atoms with Crippen molar-refractivity contribution in [3.8, 4) is 0 Å². The van der Waals surface area contributed by atoms with Gasteiger partial charge in [0.05, 0.1) is 0 Å². The SMILES string of the molecule is NNC(=O)N[Se]c1ccccc1.[Cl][Pt][Cl]. The van der Waals surface area contributed by atoms with Gasteiger partial charge in [-0.15, -0.1) is 0 Å². The molecule has 0 fully saturated rings. The Morgan fingerprint density at radius 1 is 1.33 bits per heavy atom. The Kier molecular flexibility index (Phi) is 10.9. The minimum absolute atomic E-state index is 0.0509. The molecule has 8 heteroatoms. The third-order valence-corrected chi connectivity index (χ3v) is 2.80. The number of hydrazine groups is 1. The van der Waals surface area contributed by atoms with Crippen LogP contribution in [0.3, 0.4) is 0 Å². The number of rotatable bonds is 2. The summed E-state index contributed by atoms with van der Waals surface area (Å²) in [6, 6.07) is 9.35. The number of hydrogen-bond donors (Lipinski definition) is 3. The Morgan fingerprint density at radius 3 is 2.33 bits per heavy atom. The summed E-state index contributed by atoms with van der Waals surface area (Å²) >= 11 is -0.523. The van der Waals surface area contributed by atoms with E-state index in [1.54, 1.807) is 0 Å². The van der Waals surface area contributed by atoms with Crippen molar-refractivity contribution in [2.45, 2.75) is 0 Å². The summed E-state index contributed by atoms with van der Waals surface area (Å²) in [6.45, 7) is 0. The molecule has 0 unspecified atom stereocenters. The third kappa shape index (κ3) is 9.18. The number of amides is 2. The van der Waals surface area contributed by atoms with E-state index in [0.29, 0.717) is 0 Å². The zero-order valence-corrected chi connectivity index (χ0v) is 12.8. The van der Waals surface area contributed by atoms with Gasteiger partial charge in [0, 0.05) is 0 Å². The quantitative estimate of drug-likeness (QED) is 0.242. The number of halogens is 2. The number of urea groups is 1. The van der Waals surface area contributed by atoms with Crippen molar-refractivity contribution in [3.05, 3.63) is 30.3 Å². The van der Waals surface area contributed by atoms with Crippen LogP contribution in [0.25, 0.3) is 0 Å². The average molecular weight is 496 g/mol. The van der Waals surface area contributed by atoms with Gasteiger partial charge in [0.1, 0.15) is 0 Å². The fourth-order valence-corrected chi connectivity index (χ4v) is 1.80. The van der Waals surface area contributed by atoms with Crippen LogP contribution in [0.5, 0.6) is 0 Å². The van der Waals surface area contributed by atoms with Gasteiger partial charge in [-0.3, -0.25) is 0 Å². The van der Waals surface area contributed by atoms with E-state index in [4.69, 9.17) is 24.7 Å². The van der Waals surface area contributed by atoms with Crippen LogP contribution in [0, 0.1) is 0 Å². The first-order chi connectivity index (χ1) is 7.24. The normalized spacial score (nSPS) is 8.73. The van der Waals surface area contributed by atoms with Gasteiger partial charge in [-0.25, -0.2) is 0 Å². The second-order valence-electron chi connectivity index (χ2n) is 2.04. The maximum absolute atomic E-state index is 10.7. The molecule has 4 nitrogen and oxygen atoms in total. The first kappa shape index (κ1) is 15.2. The van der Waals surface area contributed by atoms with Crippen LogP contribution < -0.4 is 20.1 Å². The van der Waals surface area contributed by atoms with Crippen molar-refractivity contribution in [1.29, 1.82) is 0 Å². The average Bonchev–Trinajstić information content (AvgIpc) is 2.28. The fourth-order valence-electron chi connectivity index (χ4n) is 0.623. The summed E-state index contributed by atoms with van der Waals surface area (Å²) in [4.78, 5) is 10.7.